The van der Waals surface area contributed by atoms with Gasteiger partial charge in [-0.1, -0.05) is 0 Å². The SMILES string of the molecule is Cc1cc[n+](C(=O)CCO)c(C)c1.[Br-]. The minimum atomic E-state index is -0.0981. The van der Waals surface area contributed by atoms with Crippen molar-refractivity contribution in [3.8, 4) is 0 Å². The van der Waals surface area contributed by atoms with Gasteiger partial charge in [0.1, 0.15) is 0 Å². The van der Waals surface area contributed by atoms with Crippen LogP contribution in [0.1, 0.15) is 22.5 Å². The molecule has 14 heavy (non-hydrogen) atoms. The molecule has 1 aromatic heterocycles. The molecule has 0 unspecified atom stereocenters. The van der Waals surface area contributed by atoms with Crippen molar-refractivity contribution < 1.29 is 31.4 Å². The van der Waals surface area contributed by atoms with Crippen molar-refractivity contribution in [1.29, 1.82) is 0 Å². The summed E-state index contributed by atoms with van der Waals surface area (Å²) < 4.78 is 1.56. The van der Waals surface area contributed by atoms with E-state index in [4.69, 9.17) is 5.11 Å². The Morgan fingerprint density at radius 1 is 1.50 bits per heavy atom. The highest BCUT2D eigenvalue weighted by molar-refractivity contribution is 5.67. The molecule has 0 bridgehead atoms. The van der Waals surface area contributed by atoms with E-state index in [1.54, 1.807) is 10.8 Å². The predicted octanol–water partition coefficient (Wildman–Crippen LogP) is -2.38. The van der Waals surface area contributed by atoms with Crippen molar-refractivity contribution in [3.05, 3.63) is 29.6 Å². The molecule has 0 aliphatic carbocycles. The van der Waals surface area contributed by atoms with Crippen LogP contribution in [0.15, 0.2) is 18.3 Å². The van der Waals surface area contributed by atoms with E-state index in [9.17, 15) is 4.79 Å². The van der Waals surface area contributed by atoms with Gasteiger partial charge in [-0.15, -0.1) is 4.57 Å². The van der Waals surface area contributed by atoms with Crippen LogP contribution in [0.3, 0.4) is 0 Å². The molecular formula is C10H14BrNO2. The molecule has 0 saturated heterocycles. The van der Waals surface area contributed by atoms with Gasteiger partial charge in [-0.25, -0.2) is 4.79 Å². The van der Waals surface area contributed by atoms with Gasteiger partial charge in [-0.05, 0) is 12.5 Å². The van der Waals surface area contributed by atoms with Crippen molar-refractivity contribution >= 4 is 5.91 Å². The van der Waals surface area contributed by atoms with Gasteiger partial charge in [0.05, 0.1) is 13.0 Å². The molecule has 1 N–H and O–H groups in total. The summed E-state index contributed by atoms with van der Waals surface area (Å²) in [6.07, 6.45) is 1.91. The average molecular weight is 260 g/mol. The number of hydrogen-bond donors (Lipinski definition) is 1. The average Bonchev–Trinajstić information content (AvgIpc) is 2.04. The maximum absolute atomic E-state index is 11.4. The van der Waals surface area contributed by atoms with E-state index < -0.39 is 0 Å². The lowest BCUT2D eigenvalue weighted by Crippen LogP contribution is -3.00. The molecule has 0 aliphatic heterocycles. The Morgan fingerprint density at radius 2 is 2.14 bits per heavy atom. The summed E-state index contributed by atoms with van der Waals surface area (Å²) in [4.78, 5) is 11.4. The maximum atomic E-state index is 11.4. The van der Waals surface area contributed by atoms with E-state index in [0.29, 0.717) is 0 Å². The van der Waals surface area contributed by atoms with Crippen molar-refractivity contribution in [2.24, 2.45) is 0 Å². The largest absolute Gasteiger partial charge is 1.00 e. The van der Waals surface area contributed by atoms with Gasteiger partial charge in [0, 0.05) is 19.1 Å². The Morgan fingerprint density at radius 3 is 2.64 bits per heavy atom. The third-order valence-corrected chi connectivity index (χ3v) is 1.90. The molecule has 1 aromatic rings. The lowest BCUT2D eigenvalue weighted by Gasteiger charge is -1.97. The summed E-state index contributed by atoms with van der Waals surface area (Å²) in [7, 11) is 0. The second kappa shape index (κ2) is 5.88. The Hall–Kier alpha value is -0.740. The fraction of sp³-hybridized carbons (Fsp3) is 0.400. The first-order chi connectivity index (χ1) is 6.15. The first-order valence-electron chi connectivity index (χ1n) is 4.28. The summed E-state index contributed by atoms with van der Waals surface area (Å²) in [6.45, 7) is 3.76. The second-order valence-corrected chi connectivity index (χ2v) is 3.08. The maximum Gasteiger partial charge on any atom is 0.394 e. The number of carbonyl (C=O) groups excluding carboxylic acids is 1. The van der Waals surface area contributed by atoms with E-state index in [1.165, 1.54) is 0 Å². The fourth-order valence-electron chi connectivity index (χ4n) is 1.25. The van der Waals surface area contributed by atoms with Crippen LogP contribution in [0.4, 0.5) is 0 Å². The predicted molar refractivity (Wildman–Crippen MR) is 48.4 cm³/mol. The van der Waals surface area contributed by atoms with E-state index in [1.807, 2.05) is 26.0 Å². The van der Waals surface area contributed by atoms with E-state index in [0.717, 1.165) is 11.3 Å². The lowest BCUT2D eigenvalue weighted by molar-refractivity contribution is -0.581. The minimum absolute atomic E-state index is 0. The van der Waals surface area contributed by atoms with Gasteiger partial charge in [0.2, 0.25) is 0 Å². The highest BCUT2D eigenvalue weighted by atomic mass is 79.9. The van der Waals surface area contributed by atoms with Crippen molar-refractivity contribution in [3.63, 3.8) is 0 Å². The van der Waals surface area contributed by atoms with Crippen LogP contribution >= 0.6 is 0 Å². The topological polar surface area (TPSA) is 41.2 Å². The Labute approximate surface area is 94.2 Å². The number of hydrogen-bond acceptors (Lipinski definition) is 2. The van der Waals surface area contributed by atoms with Gasteiger partial charge in [-0.2, -0.15) is 0 Å². The molecule has 0 aromatic carbocycles. The quantitative estimate of drug-likeness (QED) is 0.603. The number of nitrogens with zero attached hydrogens (tertiary/aromatic N) is 1. The molecule has 0 saturated carbocycles. The highest BCUT2D eigenvalue weighted by Gasteiger charge is 2.15. The molecule has 0 amide bonds. The zero-order valence-electron chi connectivity index (χ0n) is 8.33. The number of aryl methyl sites for hydroxylation is 2. The monoisotopic (exact) mass is 259 g/mol. The molecule has 1 heterocycles. The number of pyridine rings is 1. The van der Waals surface area contributed by atoms with Crippen LogP contribution in [0.2, 0.25) is 0 Å². The fourth-order valence-corrected chi connectivity index (χ4v) is 1.25. The van der Waals surface area contributed by atoms with E-state index in [-0.39, 0.29) is 35.9 Å². The number of aliphatic hydroxyl groups is 1. The van der Waals surface area contributed by atoms with Crippen LogP contribution in [0, 0.1) is 13.8 Å². The van der Waals surface area contributed by atoms with Crippen molar-refractivity contribution in [2.45, 2.75) is 20.3 Å². The number of rotatable bonds is 2. The second-order valence-electron chi connectivity index (χ2n) is 3.08. The van der Waals surface area contributed by atoms with Gasteiger partial charge in [0.15, 0.2) is 11.9 Å². The van der Waals surface area contributed by atoms with Crippen LogP contribution in [-0.4, -0.2) is 17.6 Å². The number of halogens is 1. The summed E-state index contributed by atoms with van der Waals surface area (Å²) >= 11 is 0. The van der Waals surface area contributed by atoms with Crippen LogP contribution in [-0.2, 0) is 0 Å². The first-order valence-corrected chi connectivity index (χ1v) is 4.28. The molecule has 0 atom stereocenters. The third kappa shape index (κ3) is 3.20. The van der Waals surface area contributed by atoms with E-state index >= 15 is 0 Å². The summed E-state index contributed by atoms with van der Waals surface area (Å²) in [5, 5.41) is 8.61. The minimum Gasteiger partial charge on any atom is -1.00 e. The third-order valence-electron chi connectivity index (χ3n) is 1.90. The Bertz CT molecular complexity index is 326. The van der Waals surface area contributed by atoms with Gasteiger partial charge in [0.25, 0.3) is 0 Å². The smallest absolute Gasteiger partial charge is 0.394 e. The normalized spacial score (nSPS) is 9.36. The van der Waals surface area contributed by atoms with E-state index in [2.05, 4.69) is 0 Å². The van der Waals surface area contributed by atoms with Gasteiger partial charge >= 0.3 is 5.91 Å². The van der Waals surface area contributed by atoms with Gasteiger partial charge < -0.3 is 22.1 Å². The molecule has 4 heteroatoms. The molecule has 0 aliphatic rings. The Kier molecular flexibility index (Phi) is 5.57. The van der Waals surface area contributed by atoms with Crippen LogP contribution in [0.25, 0.3) is 0 Å². The zero-order chi connectivity index (χ0) is 9.84. The summed E-state index contributed by atoms with van der Waals surface area (Å²) in [5.41, 5.74) is 2.03. The van der Waals surface area contributed by atoms with Crippen molar-refractivity contribution in [2.75, 3.05) is 6.61 Å². The van der Waals surface area contributed by atoms with Gasteiger partial charge in [-0.3, -0.25) is 0 Å². The summed E-state index contributed by atoms with van der Waals surface area (Å²) in [6, 6.07) is 3.82. The molecule has 0 fully saturated rings. The first kappa shape index (κ1) is 13.3. The zero-order valence-corrected chi connectivity index (χ0v) is 9.91. The molecule has 3 nitrogen and oxygen atoms in total. The molecule has 0 spiro atoms. The summed E-state index contributed by atoms with van der Waals surface area (Å²) in [5.74, 6) is -0.0694. The highest BCUT2D eigenvalue weighted by Crippen LogP contribution is 1.96. The molecule has 78 valence electrons. The van der Waals surface area contributed by atoms with Crippen molar-refractivity contribution in [1.82, 2.24) is 0 Å². The number of aromatic nitrogens is 1. The lowest BCUT2D eigenvalue weighted by atomic mass is 10.2. The number of aliphatic hydroxyl groups excluding tert-OH is 1. The molecule has 1 rings (SSSR count). The van der Waals surface area contributed by atoms with Crippen LogP contribution in [0.5, 0.6) is 0 Å². The number of carbonyl (C=O) groups is 1. The molecule has 0 radical (unpaired) electrons. The Balaban J connectivity index is 0.00000169. The standard InChI is InChI=1S/C10H14NO2.BrH/c1-8-3-5-11(9(2)7-8)10(13)4-6-12;/h3,5,7,12H,4,6H2,1-2H3;1H/q+1;/p-1. The van der Waals surface area contributed by atoms with Crippen LogP contribution < -0.4 is 21.5 Å². The molecular weight excluding hydrogens is 246 g/mol.